The fraction of sp³-hybridized carbons (Fsp3) is 0.235. The third-order valence-corrected chi connectivity index (χ3v) is 6.01. The maximum absolute atomic E-state index is 13.5. The topological polar surface area (TPSA) is 57.7 Å². The van der Waals surface area contributed by atoms with Gasteiger partial charge in [0, 0.05) is 38.0 Å². The monoisotopic (exact) mass is 402 g/mol. The Balaban J connectivity index is 2.49. The van der Waals surface area contributed by atoms with Gasteiger partial charge in [0.2, 0.25) is 10.0 Å². The van der Waals surface area contributed by atoms with E-state index in [1.165, 1.54) is 43.3 Å². The van der Waals surface area contributed by atoms with E-state index >= 15 is 0 Å². The van der Waals surface area contributed by atoms with Crippen molar-refractivity contribution in [1.82, 2.24) is 4.31 Å². The Kier molecular flexibility index (Phi) is 6.00. The van der Waals surface area contributed by atoms with Crippen LogP contribution in [0.3, 0.4) is 0 Å². The van der Waals surface area contributed by atoms with Gasteiger partial charge < -0.3 is 4.90 Å². The molecule has 0 bridgehead atoms. The minimum absolute atomic E-state index is 0.0221. The van der Waals surface area contributed by atoms with Crippen molar-refractivity contribution < 1.29 is 22.0 Å². The van der Waals surface area contributed by atoms with Crippen LogP contribution >= 0.6 is 11.6 Å². The lowest BCUT2D eigenvalue weighted by Crippen LogP contribution is -2.31. The number of hydrogen-bond donors (Lipinski definition) is 0. The standard InChI is InChI=1S/C17H17ClF2N2O3S/c1-4-22(12-6-8-14(19)15(20)10-12)17(23)11-5-7-13(18)16(9-11)26(24,25)21(2)3/h5-10H,4H2,1-3H3. The molecule has 0 unspecified atom stereocenters. The van der Waals surface area contributed by atoms with E-state index in [2.05, 4.69) is 0 Å². The SMILES string of the molecule is CCN(C(=O)c1ccc(Cl)c(S(=O)(=O)N(C)C)c1)c1ccc(F)c(F)c1. The molecule has 0 heterocycles. The predicted octanol–water partition coefficient (Wildman–Crippen LogP) is 3.54. The van der Waals surface area contributed by atoms with Gasteiger partial charge in [-0.05, 0) is 37.3 Å². The Bertz CT molecular complexity index is 949. The lowest BCUT2D eigenvalue weighted by Gasteiger charge is -2.22. The quantitative estimate of drug-likeness (QED) is 0.768. The number of amides is 1. The molecule has 2 aromatic rings. The first-order valence-corrected chi connectivity index (χ1v) is 9.40. The van der Waals surface area contributed by atoms with Gasteiger partial charge in [-0.1, -0.05) is 11.6 Å². The van der Waals surface area contributed by atoms with E-state index in [-0.39, 0.29) is 27.7 Å². The van der Waals surface area contributed by atoms with Crippen molar-refractivity contribution >= 4 is 33.2 Å². The summed E-state index contributed by atoms with van der Waals surface area (Å²) in [4.78, 5) is 13.8. The van der Waals surface area contributed by atoms with E-state index in [4.69, 9.17) is 11.6 Å². The van der Waals surface area contributed by atoms with Crippen molar-refractivity contribution in [2.45, 2.75) is 11.8 Å². The van der Waals surface area contributed by atoms with Gasteiger partial charge in [-0.2, -0.15) is 0 Å². The third kappa shape index (κ3) is 3.87. The van der Waals surface area contributed by atoms with Crippen LogP contribution in [0.1, 0.15) is 17.3 Å². The first kappa shape index (κ1) is 20.3. The van der Waals surface area contributed by atoms with Crippen molar-refractivity contribution in [2.75, 3.05) is 25.5 Å². The second-order valence-corrected chi connectivity index (χ2v) is 8.11. The minimum atomic E-state index is -3.85. The Morgan fingerprint density at radius 2 is 1.73 bits per heavy atom. The molecule has 2 rings (SSSR count). The zero-order valence-corrected chi connectivity index (χ0v) is 15.9. The first-order valence-electron chi connectivity index (χ1n) is 7.58. The molecule has 26 heavy (non-hydrogen) atoms. The van der Waals surface area contributed by atoms with E-state index in [9.17, 15) is 22.0 Å². The number of anilines is 1. The van der Waals surface area contributed by atoms with Crippen LogP contribution in [0.5, 0.6) is 0 Å². The van der Waals surface area contributed by atoms with Gasteiger partial charge >= 0.3 is 0 Å². The number of halogens is 3. The van der Waals surface area contributed by atoms with E-state index in [1.807, 2.05) is 0 Å². The second kappa shape index (κ2) is 7.69. The third-order valence-electron chi connectivity index (χ3n) is 3.71. The normalized spacial score (nSPS) is 11.7. The lowest BCUT2D eigenvalue weighted by atomic mass is 10.1. The molecule has 0 aromatic heterocycles. The van der Waals surface area contributed by atoms with Gasteiger partial charge in [0.05, 0.1) is 5.02 Å². The molecule has 0 fully saturated rings. The Morgan fingerprint density at radius 1 is 1.08 bits per heavy atom. The molecule has 0 aliphatic heterocycles. The van der Waals surface area contributed by atoms with E-state index in [0.29, 0.717) is 0 Å². The number of carbonyl (C=O) groups excluding carboxylic acids is 1. The average molecular weight is 403 g/mol. The van der Waals surface area contributed by atoms with Crippen molar-refractivity contribution in [3.8, 4) is 0 Å². The molecule has 0 N–H and O–H groups in total. The van der Waals surface area contributed by atoms with E-state index in [1.54, 1.807) is 6.92 Å². The summed E-state index contributed by atoms with van der Waals surface area (Å²) in [6.45, 7) is 1.83. The highest BCUT2D eigenvalue weighted by Crippen LogP contribution is 2.27. The molecule has 1 amide bonds. The fourth-order valence-electron chi connectivity index (χ4n) is 2.28. The number of rotatable bonds is 5. The molecule has 0 saturated carbocycles. The van der Waals surface area contributed by atoms with Crippen LogP contribution in [0.2, 0.25) is 5.02 Å². The molecule has 0 spiro atoms. The van der Waals surface area contributed by atoms with Crippen LogP contribution in [0.4, 0.5) is 14.5 Å². The smallest absolute Gasteiger partial charge is 0.258 e. The highest BCUT2D eigenvalue weighted by Gasteiger charge is 2.24. The highest BCUT2D eigenvalue weighted by atomic mass is 35.5. The minimum Gasteiger partial charge on any atom is -0.309 e. The Morgan fingerprint density at radius 3 is 2.27 bits per heavy atom. The van der Waals surface area contributed by atoms with Crippen LogP contribution in [0, 0.1) is 11.6 Å². The van der Waals surface area contributed by atoms with Crippen LogP contribution in [-0.2, 0) is 10.0 Å². The Labute approximate surface area is 155 Å². The number of hydrogen-bond acceptors (Lipinski definition) is 3. The lowest BCUT2D eigenvalue weighted by molar-refractivity contribution is 0.0988. The van der Waals surface area contributed by atoms with Crippen LogP contribution < -0.4 is 4.90 Å². The van der Waals surface area contributed by atoms with Crippen molar-refractivity contribution in [1.29, 1.82) is 0 Å². The summed E-state index contributed by atoms with van der Waals surface area (Å²) in [5, 5.41) is -0.0221. The molecule has 0 aliphatic rings. The van der Waals surface area contributed by atoms with E-state index < -0.39 is 27.6 Å². The fourth-order valence-corrected chi connectivity index (χ4v) is 3.68. The molecule has 0 radical (unpaired) electrons. The van der Waals surface area contributed by atoms with Crippen LogP contribution in [-0.4, -0.2) is 39.3 Å². The largest absolute Gasteiger partial charge is 0.309 e. The van der Waals surface area contributed by atoms with Gasteiger partial charge in [-0.3, -0.25) is 4.79 Å². The molecule has 0 saturated heterocycles. The summed E-state index contributed by atoms with van der Waals surface area (Å²) in [6.07, 6.45) is 0. The van der Waals surface area contributed by atoms with Gasteiger partial charge in [0.15, 0.2) is 11.6 Å². The number of carbonyl (C=O) groups is 1. The Hall–Kier alpha value is -2.03. The summed E-state index contributed by atoms with van der Waals surface area (Å²) in [7, 11) is -1.16. The summed E-state index contributed by atoms with van der Waals surface area (Å²) >= 11 is 5.98. The molecule has 2 aromatic carbocycles. The van der Waals surface area contributed by atoms with Gasteiger partial charge in [-0.15, -0.1) is 0 Å². The molecule has 5 nitrogen and oxygen atoms in total. The summed E-state index contributed by atoms with van der Waals surface area (Å²) in [5.74, 6) is -2.67. The maximum Gasteiger partial charge on any atom is 0.258 e. The van der Waals surface area contributed by atoms with Crippen molar-refractivity contribution in [2.24, 2.45) is 0 Å². The summed E-state index contributed by atoms with van der Waals surface area (Å²) < 4.78 is 52.3. The molecule has 140 valence electrons. The first-order chi connectivity index (χ1) is 12.1. The number of benzene rings is 2. The maximum atomic E-state index is 13.5. The average Bonchev–Trinajstić information content (AvgIpc) is 2.58. The van der Waals surface area contributed by atoms with Gasteiger partial charge in [-0.25, -0.2) is 21.5 Å². The molecule has 9 heteroatoms. The summed E-state index contributed by atoms with van der Waals surface area (Å²) in [6, 6.07) is 6.95. The van der Waals surface area contributed by atoms with Crippen LogP contribution in [0.25, 0.3) is 0 Å². The van der Waals surface area contributed by atoms with Crippen LogP contribution in [0.15, 0.2) is 41.3 Å². The highest BCUT2D eigenvalue weighted by molar-refractivity contribution is 7.89. The zero-order valence-electron chi connectivity index (χ0n) is 14.3. The molecule has 0 aliphatic carbocycles. The van der Waals surface area contributed by atoms with Crippen molar-refractivity contribution in [3.63, 3.8) is 0 Å². The molecular formula is C17H17ClF2N2O3S. The number of sulfonamides is 1. The van der Waals surface area contributed by atoms with Gasteiger partial charge in [0.1, 0.15) is 4.90 Å². The summed E-state index contributed by atoms with van der Waals surface area (Å²) in [5.41, 5.74) is 0.213. The molecule has 0 atom stereocenters. The second-order valence-electron chi connectivity index (χ2n) is 5.58. The van der Waals surface area contributed by atoms with E-state index in [0.717, 1.165) is 16.4 Å². The zero-order chi connectivity index (χ0) is 19.6. The molecular weight excluding hydrogens is 386 g/mol. The number of nitrogens with zero attached hydrogens (tertiary/aromatic N) is 2. The predicted molar refractivity (Wildman–Crippen MR) is 96.0 cm³/mol. The van der Waals surface area contributed by atoms with Crippen molar-refractivity contribution in [3.05, 3.63) is 58.6 Å². The van der Waals surface area contributed by atoms with Gasteiger partial charge in [0.25, 0.3) is 5.91 Å².